The van der Waals surface area contributed by atoms with E-state index < -0.39 is 0 Å². The first kappa shape index (κ1) is 43.8. The van der Waals surface area contributed by atoms with Crippen molar-refractivity contribution in [3.8, 4) is 17.3 Å². The van der Waals surface area contributed by atoms with E-state index in [0.29, 0.717) is 6.67 Å². The summed E-state index contributed by atoms with van der Waals surface area (Å²) in [6.45, 7) is 23.6. The van der Waals surface area contributed by atoms with Gasteiger partial charge in [-0.05, 0) is 117 Å². The Balaban J connectivity index is 1.06. The van der Waals surface area contributed by atoms with Crippen LogP contribution in [0.5, 0.6) is 11.5 Å². The maximum absolute atomic E-state index is 6.90. The van der Waals surface area contributed by atoms with E-state index in [0.717, 1.165) is 39.4 Å². The SMILES string of the molecule is CC(C)(C)c1cccc(N2CN(c3cccc(Oc4ccc5c6cc(C(C)(C)c7ccccc7)ccc6n(-c6cc(C(C)(C)c7ccccc7)ccn6)c5c4)c3)c3cc(C(C)(C)C)ccc32)c1. The molecule has 336 valence electrons. The summed E-state index contributed by atoms with van der Waals surface area (Å²) < 4.78 is 9.22. The van der Waals surface area contributed by atoms with Gasteiger partial charge in [0.15, 0.2) is 0 Å². The number of hydrogen-bond acceptors (Lipinski definition) is 4. The summed E-state index contributed by atoms with van der Waals surface area (Å²) >= 11 is 0. The van der Waals surface area contributed by atoms with Crippen molar-refractivity contribution in [2.75, 3.05) is 16.5 Å². The molecule has 0 saturated heterocycles. The highest BCUT2D eigenvalue weighted by Crippen LogP contribution is 2.48. The minimum atomic E-state index is -0.235. The number of aromatic nitrogens is 2. The van der Waals surface area contributed by atoms with E-state index in [1.54, 1.807) is 0 Å². The topological polar surface area (TPSA) is 33.5 Å². The molecule has 5 nitrogen and oxygen atoms in total. The molecule has 10 rings (SSSR count). The largest absolute Gasteiger partial charge is 0.457 e. The fourth-order valence-corrected chi connectivity index (χ4v) is 9.83. The fraction of sp³-hybridized carbons (Fsp3) is 0.242. The van der Waals surface area contributed by atoms with Crippen LogP contribution in [0.4, 0.5) is 22.7 Å². The summed E-state index contributed by atoms with van der Waals surface area (Å²) in [4.78, 5) is 9.94. The number of benzene rings is 7. The summed E-state index contributed by atoms with van der Waals surface area (Å²) in [6, 6.07) is 63.9. The number of rotatable bonds is 9. The second-order valence-electron chi connectivity index (χ2n) is 21.5. The predicted octanol–water partition coefficient (Wildman–Crippen LogP) is 16.5. The molecule has 0 atom stereocenters. The maximum atomic E-state index is 6.90. The molecule has 3 heterocycles. The van der Waals surface area contributed by atoms with Crippen LogP contribution < -0.4 is 14.5 Å². The zero-order valence-electron chi connectivity index (χ0n) is 40.7. The second kappa shape index (κ2) is 16.3. The predicted molar refractivity (Wildman–Crippen MR) is 282 cm³/mol. The first-order chi connectivity index (χ1) is 32.0. The minimum absolute atomic E-state index is 0.000937. The summed E-state index contributed by atoms with van der Waals surface area (Å²) in [5, 5.41) is 2.33. The van der Waals surface area contributed by atoms with Crippen LogP contribution in [0, 0.1) is 0 Å². The normalized spacial score (nSPS) is 13.4. The van der Waals surface area contributed by atoms with Crippen molar-refractivity contribution in [3.63, 3.8) is 0 Å². The van der Waals surface area contributed by atoms with Crippen LogP contribution in [-0.4, -0.2) is 16.2 Å². The van der Waals surface area contributed by atoms with Crippen LogP contribution in [0.15, 0.2) is 182 Å². The Kier molecular flexibility index (Phi) is 10.7. The van der Waals surface area contributed by atoms with Crippen LogP contribution in [0.3, 0.4) is 0 Å². The number of hydrogen-bond donors (Lipinski definition) is 0. The van der Waals surface area contributed by atoms with Gasteiger partial charge in [-0.25, -0.2) is 4.98 Å². The van der Waals surface area contributed by atoms with Gasteiger partial charge < -0.3 is 14.5 Å². The second-order valence-corrected chi connectivity index (χ2v) is 21.5. The number of anilines is 4. The zero-order chi connectivity index (χ0) is 46.9. The Labute approximate surface area is 397 Å². The molecule has 5 heteroatoms. The zero-order valence-corrected chi connectivity index (χ0v) is 40.7. The minimum Gasteiger partial charge on any atom is -0.457 e. The average molecular weight is 879 g/mol. The highest BCUT2D eigenvalue weighted by atomic mass is 16.5. The van der Waals surface area contributed by atoms with Gasteiger partial charge in [-0.3, -0.25) is 4.57 Å². The molecule has 0 aliphatic carbocycles. The van der Waals surface area contributed by atoms with Crippen molar-refractivity contribution >= 4 is 44.6 Å². The summed E-state index contributed by atoms with van der Waals surface area (Å²) in [6.07, 6.45) is 1.95. The van der Waals surface area contributed by atoms with Crippen molar-refractivity contribution in [2.24, 2.45) is 0 Å². The molecular weight excluding hydrogens is 817 g/mol. The van der Waals surface area contributed by atoms with Crippen LogP contribution in [0.25, 0.3) is 27.6 Å². The van der Waals surface area contributed by atoms with Gasteiger partial charge in [0.2, 0.25) is 0 Å². The van der Waals surface area contributed by atoms with Crippen LogP contribution in [0.1, 0.15) is 103 Å². The molecule has 1 aliphatic rings. The molecule has 67 heavy (non-hydrogen) atoms. The van der Waals surface area contributed by atoms with Crippen molar-refractivity contribution in [1.82, 2.24) is 9.55 Å². The lowest BCUT2D eigenvalue weighted by Gasteiger charge is -2.27. The Morgan fingerprint density at radius 2 is 0.970 bits per heavy atom. The van der Waals surface area contributed by atoms with E-state index in [2.05, 4.69) is 260 Å². The lowest BCUT2D eigenvalue weighted by atomic mass is 9.78. The van der Waals surface area contributed by atoms with Crippen molar-refractivity contribution in [3.05, 3.63) is 216 Å². The number of ether oxygens (including phenoxy) is 1. The lowest BCUT2D eigenvalue weighted by Crippen LogP contribution is -2.24. The molecule has 7 aromatic carbocycles. The van der Waals surface area contributed by atoms with Crippen LogP contribution in [0.2, 0.25) is 0 Å². The molecule has 0 radical (unpaired) electrons. The van der Waals surface area contributed by atoms with Crippen molar-refractivity contribution in [1.29, 1.82) is 0 Å². The van der Waals surface area contributed by atoms with Gasteiger partial charge in [-0.2, -0.15) is 0 Å². The van der Waals surface area contributed by atoms with E-state index in [1.807, 2.05) is 6.20 Å². The Morgan fingerprint density at radius 3 is 1.64 bits per heavy atom. The van der Waals surface area contributed by atoms with Crippen molar-refractivity contribution < 1.29 is 4.74 Å². The third-order valence-electron chi connectivity index (χ3n) is 14.2. The molecule has 0 fully saturated rings. The summed E-state index contributed by atoms with van der Waals surface area (Å²) in [5.74, 6) is 2.41. The van der Waals surface area contributed by atoms with Gasteiger partial charge in [0.25, 0.3) is 0 Å². The van der Waals surface area contributed by atoms with Gasteiger partial charge in [0.05, 0.1) is 22.4 Å². The van der Waals surface area contributed by atoms with E-state index >= 15 is 0 Å². The van der Waals surface area contributed by atoms with E-state index in [9.17, 15) is 0 Å². The molecule has 0 saturated carbocycles. The lowest BCUT2D eigenvalue weighted by molar-refractivity contribution is 0.483. The average Bonchev–Trinajstić information content (AvgIpc) is 3.87. The van der Waals surface area contributed by atoms with Crippen molar-refractivity contribution in [2.45, 2.75) is 90.9 Å². The van der Waals surface area contributed by atoms with Gasteiger partial charge in [0.1, 0.15) is 24.0 Å². The van der Waals surface area contributed by atoms with Gasteiger partial charge in [-0.1, -0.05) is 160 Å². The first-order valence-electron chi connectivity index (χ1n) is 23.7. The van der Waals surface area contributed by atoms with E-state index in [-0.39, 0.29) is 21.7 Å². The molecule has 0 N–H and O–H groups in total. The maximum Gasteiger partial charge on any atom is 0.137 e. The summed E-state index contributed by atoms with van der Waals surface area (Å²) in [5.41, 5.74) is 14.0. The highest BCUT2D eigenvalue weighted by molar-refractivity contribution is 6.10. The monoisotopic (exact) mass is 878 g/mol. The number of pyridine rings is 1. The van der Waals surface area contributed by atoms with Crippen LogP contribution in [-0.2, 0) is 21.7 Å². The molecule has 1 aliphatic heterocycles. The molecule has 0 bridgehead atoms. The molecule has 0 unspecified atom stereocenters. The molecule has 2 aromatic heterocycles. The van der Waals surface area contributed by atoms with Gasteiger partial charge >= 0.3 is 0 Å². The summed E-state index contributed by atoms with van der Waals surface area (Å²) in [7, 11) is 0. The first-order valence-corrected chi connectivity index (χ1v) is 23.7. The molecule has 9 aromatic rings. The fourth-order valence-electron chi connectivity index (χ4n) is 9.83. The number of fused-ring (bicyclic) bond motifs is 4. The third kappa shape index (κ3) is 8.05. The molecular formula is C62H62N4O. The smallest absolute Gasteiger partial charge is 0.137 e. The van der Waals surface area contributed by atoms with Gasteiger partial charge in [-0.15, -0.1) is 0 Å². The Bertz CT molecular complexity index is 3280. The van der Waals surface area contributed by atoms with E-state index in [1.165, 1.54) is 55.8 Å². The highest BCUT2D eigenvalue weighted by Gasteiger charge is 2.32. The molecule has 0 spiro atoms. The quantitative estimate of drug-likeness (QED) is 0.145. The number of nitrogens with zero attached hydrogens (tertiary/aromatic N) is 4. The Hall–Kier alpha value is -7.11. The van der Waals surface area contributed by atoms with Gasteiger partial charge in [0, 0.05) is 51.3 Å². The molecule has 0 amide bonds. The third-order valence-corrected chi connectivity index (χ3v) is 14.2. The Morgan fingerprint density at radius 1 is 0.403 bits per heavy atom. The standard InChI is InChI=1S/C62H62N4O/c1-59(2,3)44-23-17-24-48(35-44)64-41-65(57-37-45(60(4,5)6)27-32-55(57)64)49-25-18-26-50(39-49)67-51-29-30-52-53-36-46(61(7,8)42-19-13-11-14-20-42)28-31-54(53)66(56(52)40-51)58-38-47(33-34-63-58)62(9,10)43-21-15-12-16-22-43/h11-40H,41H2,1-10H3. The van der Waals surface area contributed by atoms with Crippen LogP contribution >= 0.6 is 0 Å². The van der Waals surface area contributed by atoms with E-state index in [4.69, 9.17) is 9.72 Å².